The van der Waals surface area contributed by atoms with Gasteiger partial charge in [0.15, 0.2) is 0 Å². The van der Waals surface area contributed by atoms with Crippen molar-refractivity contribution in [3.63, 3.8) is 0 Å². The minimum absolute atomic E-state index is 0.0202. The highest BCUT2D eigenvalue weighted by molar-refractivity contribution is 7.22. The summed E-state index contributed by atoms with van der Waals surface area (Å²) in [5.41, 5.74) is 4.87. The van der Waals surface area contributed by atoms with Gasteiger partial charge in [0, 0.05) is 16.1 Å². The van der Waals surface area contributed by atoms with Crippen molar-refractivity contribution < 1.29 is 23.7 Å². The van der Waals surface area contributed by atoms with Gasteiger partial charge in [-0.05, 0) is 134 Å². The molecule has 2 saturated heterocycles. The van der Waals surface area contributed by atoms with Crippen LogP contribution in [0, 0.1) is 0 Å². The number of amides is 1. The highest BCUT2D eigenvalue weighted by Gasteiger charge is 2.37. The van der Waals surface area contributed by atoms with Gasteiger partial charge in [0.25, 0.3) is 0 Å². The van der Waals surface area contributed by atoms with Gasteiger partial charge in [0.05, 0.1) is 12.6 Å². The number of fused-ring (bicyclic) bond motifs is 1. The predicted octanol–water partition coefficient (Wildman–Crippen LogP) is 9.35. The third-order valence-corrected chi connectivity index (χ3v) is 11.7. The average molecular weight is 703 g/mol. The Labute approximate surface area is 304 Å². The Kier molecular flexibility index (Phi) is 10.4. The van der Waals surface area contributed by atoms with Crippen molar-refractivity contribution in [3.05, 3.63) is 114 Å². The van der Waals surface area contributed by atoms with E-state index in [9.17, 15) is 4.79 Å². The molecule has 0 spiro atoms. The third kappa shape index (κ3) is 8.03. The second-order valence-corrected chi connectivity index (χ2v) is 15.0. The van der Waals surface area contributed by atoms with Gasteiger partial charge in [-0.15, -0.1) is 11.3 Å². The first kappa shape index (κ1) is 33.6. The summed E-state index contributed by atoms with van der Waals surface area (Å²) in [6, 6.07) is 34.0. The van der Waals surface area contributed by atoms with Crippen molar-refractivity contribution >= 4 is 27.5 Å². The van der Waals surface area contributed by atoms with Crippen LogP contribution in [-0.2, 0) is 17.8 Å². The van der Waals surface area contributed by atoms with E-state index in [1.54, 1.807) is 0 Å². The van der Waals surface area contributed by atoms with E-state index in [4.69, 9.17) is 18.9 Å². The Morgan fingerprint density at radius 2 is 1.51 bits per heavy atom. The smallest absolute Gasteiger partial charge is 0.410 e. The van der Waals surface area contributed by atoms with E-state index in [1.165, 1.54) is 57.6 Å². The Balaban J connectivity index is 1.01. The van der Waals surface area contributed by atoms with Gasteiger partial charge in [0.1, 0.15) is 43.2 Å². The molecule has 5 aromatic rings. The Hall–Kier alpha value is -4.53. The maximum absolute atomic E-state index is 12.3. The molecule has 8 rings (SSSR count). The van der Waals surface area contributed by atoms with Gasteiger partial charge in [-0.2, -0.15) is 0 Å². The molecule has 2 aliphatic heterocycles. The van der Waals surface area contributed by atoms with Gasteiger partial charge in [-0.1, -0.05) is 48.9 Å². The summed E-state index contributed by atoms with van der Waals surface area (Å²) >= 11 is 1.82. The molecule has 0 N–H and O–H groups in total. The van der Waals surface area contributed by atoms with Gasteiger partial charge >= 0.3 is 6.09 Å². The van der Waals surface area contributed by atoms with Crippen molar-refractivity contribution in [2.24, 2.45) is 0 Å². The Bertz CT molecular complexity index is 1900. The summed E-state index contributed by atoms with van der Waals surface area (Å²) in [6.45, 7) is 5.71. The van der Waals surface area contributed by atoms with E-state index < -0.39 is 0 Å². The molecule has 0 radical (unpaired) electrons. The number of thiophene rings is 1. The predicted molar refractivity (Wildman–Crippen MR) is 203 cm³/mol. The molecule has 51 heavy (non-hydrogen) atoms. The number of ether oxygens (including phenoxy) is 4. The second kappa shape index (κ2) is 15.8. The fraction of sp³-hybridized carbons (Fsp3) is 0.372. The first-order valence-electron chi connectivity index (χ1n) is 18.5. The van der Waals surface area contributed by atoms with Crippen molar-refractivity contribution in [3.8, 4) is 27.7 Å². The number of benzene rings is 4. The Morgan fingerprint density at radius 3 is 2.29 bits per heavy atom. The van der Waals surface area contributed by atoms with Crippen LogP contribution < -0.4 is 14.2 Å². The maximum Gasteiger partial charge on any atom is 0.410 e. The number of hydrogen-bond acceptors (Lipinski definition) is 7. The molecule has 1 aromatic heterocycles. The zero-order chi connectivity index (χ0) is 34.4. The lowest BCUT2D eigenvalue weighted by Gasteiger charge is -2.36. The van der Waals surface area contributed by atoms with Gasteiger partial charge in [0.2, 0.25) is 0 Å². The molecule has 1 amide bonds. The first-order valence-corrected chi connectivity index (χ1v) is 19.3. The summed E-state index contributed by atoms with van der Waals surface area (Å²) in [5.74, 6) is 2.63. The molecule has 3 fully saturated rings. The van der Waals surface area contributed by atoms with Gasteiger partial charge in [-0.3, -0.25) is 9.80 Å². The van der Waals surface area contributed by atoms with Crippen LogP contribution in [0.4, 0.5) is 4.79 Å². The molecule has 264 valence electrons. The summed E-state index contributed by atoms with van der Waals surface area (Å²) < 4.78 is 25.4. The number of carbonyl (C=O) groups is 1. The molecular formula is C43H46N2O5S. The number of nitrogens with zero attached hydrogens (tertiary/aromatic N) is 2. The maximum atomic E-state index is 12.3. The van der Waals surface area contributed by atoms with Crippen LogP contribution in [0.25, 0.3) is 20.5 Å². The van der Waals surface area contributed by atoms with Crippen molar-refractivity contribution in [1.29, 1.82) is 0 Å². The lowest BCUT2D eigenvalue weighted by atomic mass is 9.91. The first-order chi connectivity index (χ1) is 25.2. The number of hydrogen-bond donors (Lipinski definition) is 0. The van der Waals surface area contributed by atoms with Gasteiger partial charge in [-0.25, -0.2) is 4.79 Å². The highest BCUT2D eigenvalue weighted by Crippen LogP contribution is 2.42. The number of cyclic esters (lactones) is 1. The summed E-state index contributed by atoms with van der Waals surface area (Å²) in [7, 11) is 0. The summed E-state index contributed by atoms with van der Waals surface area (Å²) in [4.78, 5) is 17.9. The molecule has 7 nitrogen and oxygen atoms in total. The Morgan fingerprint density at radius 1 is 0.745 bits per heavy atom. The van der Waals surface area contributed by atoms with E-state index in [2.05, 4.69) is 83.8 Å². The molecular weight excluding hydrogens is 657 g/mol. The number of rotatable bonds is 13. The van der Waals surface area contributed by atoms with E-state index in [-0.39, 0.29) is 18.2 Å². The van der Waals surface area contributed by atoms with E-state index in [1.807, 2.05) is 34.4 Å². The standard InChI is InChI=1S/C43H46N2O5S/c46-43-45(25-27-48-43)39-10-4-5-11-40(39)50-35-16-12-31(13-17-35)28-38-37-21-20-36(49-30-32-8-2-1-3-9-32)29-41(37)51-42(38)33-14-18-34(19-15-33)47-26-24-44-22-6-7-23-44/h1-3,8-9,12-21,29,39-40H,4-7,10-11,22-28,30H2/t39-,40-/m0/s1. The van der Waals surface area contributed by atoms with Crippen molar-refractivity contribution in [2.75, 3.05) is 39.4 Å². The van der Waals surface area contributed by atoms with Crippen LogP contribution in [0.3, 0.4) is 0 Å². The molecule has 0 unspecified atom stereocenters. The topological polar surface area (TPSA) is 60.5 Å². The zero-order valence-corrected chi connectivity index (χ0v) is 30.0. The molecule has 1 saturated carbocycles. The lowest BCUT2D eigenvalue weighted by molar-refractivity contribution is 0.0572. The third-order valence-electron chi connectivity index (χ3n) is 10.5. The minimum Gasteiger partial charge on any atom is -0.492 e. The molecule has 1 aliphatic carbocycles. The second-order valence-electron chi connectivity index (χ2n) is 13.9. The fourth-order valence-corrected chi connectivity index (χ4v) is 8.97. The number of carbonyl (C=O) groups excluding carboxylic acids is 1. The average Bonchev–Trinajstić information content (AvgIpc) is 3.93. The molecule has 3 aliphatic rings. The van der Waals surface area contributed by atoms with Crippen LogP contribution >= 0.6 is 11.3 Å². The van der Waals surface area contributed by atoms with Crippen LogP contribution in [0.15, 0.2) is 97.1 Å². The van der Waals surface area contributed by atoms with Crippen LogP contribution in [-0.4, -0.2) is 67.4 Å². The zero-order valence-electron chi connectivity index (χ0n) is 29.1. The summed E-state index contributed by atoms with van der Waals surface area (Å²) in [6.07, 6.45) is 7.27. The highest BCUT2D eigenvalue weighted by atomic mass is 32.1. The van der Waals surface area contributed by atoms with Crippen molar-refractivity contribution in [1.82, 2.24) is 9.80 Å². The van der Waals surface area contributed by atoms with E-state index in [0.717, 1.165) is 61.5 Å². The van der Waals surface area contributed by atoms with Crippen LogP contribution in [0.2, 0.25) is 0 Å². The molecule has 2 atom stereocenters. The fourth-order valence-electron chi connectivity index (χ4n) is 7.71. The van der Waals surface area contributed by atoms with Crippen LogP contribution in [0.1, 0.15) is 55.2 Å². The molecule has 3 heterocycles. The minimum atomic E-state index is -0.209. The summed E-state index contributed by atoms with van der Waals surface area (Å²) in [5, 5.41) is 1.25. The van der Waals surface area contributed by atoms with E-state index >= 15 is 0 Å². The van der Waals surface area contributed by atoms with Crippen LogP contribution in [0.5, 0.6) is 17.2 Å². The van der Waals surface area contributed by atoms with Crippen molar-refractivity contribution in [2.45, 2.75) is 63.7 Å². The molecule has 0 bridgehead atoms. The lowest BCUT2D eigenvalue weighted by Crippen LogP contribution is -2.48. The monoisotopic (exact) mass is 702 g/mol. The number of likely N-dealkylation sites (tertiary alicyclic amines) is 1. The molecule has 4 aromatic carbocycles. The normalized spacial score (nSPS) is 19.4. The quantitative estimate of drug-likeness (QED) is 0.122. The van der Waals surface area contributed by atoms with E-state index in [0.29, 0.717) is 26.4 Å². The largest absolute Gasteiger partial charge is 0.492 e. The van der Waals surface area contributed by atoms with Gasteiger partial charge < -0.3 is 18.9 Å². The SMILES string of the molecule is O=C1OCCN1[C@H]1CCCC[C@@H]1Oc1ccc(Cc2c(-c3ccc(OCCN4CCCC4)cc3)sc3cc(OCc4ccccc4)ccc23)cc1. The molecule has 8 heteroatoms.